The summed E-state index contributed by atoms with van der Waals surface area (Å²) in [4.78, 5) is 8.80. The maximum absolute atomic E-state index is 5.34. The van der Waals surface area contributed by atoms with Crippen LogP contribution in [-0.2, 0) is 0 Å². The van der Waals surface area contributed by atoms with Gasteiger partial charge in [-0.2, -0.15) is 4.98 Å². The maximum atomic E-state index is 5.34. The van der Waals surface area contributed by atoms with E-state index in [1.165, 1.54) is 5.56 Å². The van der Waals surface area contributed by atoms with Gasteiger partial charge in [0.15, 0.2) is 5.82 Å². The summed E-state index contributed by atoms with van der Waals surface area (Å²) < 4.78 is 5.34. The van der Waals surface area contributed by atoms with Crippen LogP contribution in [0.1, 0.15) is 44.1 Å². The zero-order chi connectivity index (χ0) is 16.2. The number of hydrogen-bond acceptors (Lipinski definition) is 5. The fraction of sp³-hybridized carbons (Fsp3) is 0.278. The van der Waals surface area contributed by atoms with Crippen LogP contribution in [0.5, 0.6) is 0 Å². The van der Waals surface area contributed by atoms with Gasteiger partial charge in [-0.05, 0) is 24.6 Å². The summed E-state index contributed by atoms with van der Waals surface area (Å²) in [7, 11) is 0. The Labute approximate surface area is 135 Å². The zero-order valence-electron chi connectivity index (χ0n) is 13.5. The maximum Gasteiger partial charge on any atom is 0.258 e. The Morgan fingerprint density at radius 2 is 1.83 bits per heavy atom. The Hall–Kier alpha value is -2.69. The molecule has 0 saturated heterocycles. The van der Waals surface area contributed by atoms with Crippen LogP contribution < -0.4 is 5.32 Å². The number of nitrogens with one attached hydrogen (secondary N) is 1. The molecule has 2 heterocycles. The van der Waals surface area contributed by atoms with Crippen molar-refractivity contribution in [2.45, 2.75) is 32.7 Å². The van der Waals surface area contributed by atoms with Gasteiger partial charge in [-0.15, -0.1) is 0 Å². The zero-order valence-corrected chi connectivity index (χ0v) is 13.5. The largest absolute Gasteiger partial charge is 0.364 e. The van der Waals surface area contributed by atoms with E-state index in [1.54, 1.807) is 6.20 Å². The molecule has 3 rings (SSSR count). The Balaban J connectivity index is 1.79. The number of pyridine rings is 1. The van der Waals surface area contributed by atoms with Crippen molar-refractivity contribution in [3.63, 3.8) is 0 Å². The van der Waals surface area contributed by atoms with Crippen molar-refractivity contribution in [3.8, 4) is 11.5 Å². The molecular weight excluding hydrogens is 288 g/mol. The molecular formula is C18H20N4O. The van der Waals surface area contributed by atoms with E-state index in [0.717, 1.165) is 11.4 Å². The van der Waals surface area contributed by atoms with E-state index in [4.69, 9.17) is 4.52 Å². The second-order valence-electron chi connectivity index (χ2n) is 5.82. The molecule has 0 unspecified atom stereocenters. The summed E-state index contributed by atoms with van der Waals surface area (Å²) >= 11 is 0. The van der Waals surface area contributed by atoms with Gasteiger partial charge >= 0.3 is 0 Å². The molecule has 2 aromatic heterocycles. The fourth-order valence-corrected chi connectivity index (χ4v) is 2.28. The van der Waals surface area contributed by atoms with Crippen LogP contribution in [0, 0.1) is 0 Å². The first-order valence-electron chi connectivity index (χ1n) is 7.75. The van der Waals surface area contributed by atoms with Gasteiger partial charge in [-0.1, -0.05) is 49.3 Å². The second kappa shape index (κ2) is 6.60. The highest BCUT2D eigenvalue weighted by Gasteiger charge is 2.13. The lowest BCUT2D eigenvalue weighted by molar-refractivity contribution is 0.419. The lowest BCUT2D eigenvalue weighted by Gasteiger charge is -2.15. The molecule has 1 N–H and O–H groups in total. The molecule has 0 bridgehead atoms. The highest BCUT2D eigenvalue weighted by molar-refractivity contribution is 5.58. The molecule has 0 spiro atoms. The molecule has 3 aromatic rings. The molecule has 0 saturated carbocycles. The van der Waals surface area contributed by atoms with Gasteiger partial charge in [-0.3, -0.25) is 0 Å². The van der Waals surface area contributed by atoms with Gasteiger partial charge in [0.05, 0.1) is 0 Å². The van der Waals surface area contributed by atoms with E-state index < -0.39 is 0 Å². The lowest BCUT2D eigenvalue weighted by Crippen LogP contribution is -2.07. The number of anilines is 1. The summed E-state index contributed by atoms with van der Waals surface area (Å²) in [5.41, 5.74) is 2.07. The molecule has 23 heavy (non-hydrogen) atoms. The van der Waals surface area contributed by atoms with E-state index in [2.05, 4.69) is 39.5 Å². The van der Waals surface area contributed by atoms with Crippen LogP contribution in [0.4, 0.5) is 5.82 Å². The van der Waals surface area contributed by atoms with Crippen LogP contribution in [0.2, 0.25) is 0 Å². The number of nitrogens with zero attached hydrogens (tertiary/aromatic N) is 3. The predicted molar refractivity (Wildman–Crippen MR) is 90.1 cm³/mol. The quantitative estimate of drug-likeness (QED) is 0.755. The molecule has 0 aliphatic rings. The molecule has 5 heteroatoms. The van der Waals surface area contributed by atoms with E-state index in [9.17, 15) is 0 Å². The van der Waals surface area contributed by atoms with Crippen molar-refractivity contribution in [1.29, 1.82) is 0 Å². The van der Waals surface area contributed by atoms with Crippen molar-refractivity contribution in [2.24, 2.45) is 0 Å². The smallest absolute Gasteiger partial charge is 0.258 e. The van der Waals surface area contributed by atoms with Crippen LogP contribution in [0.25, 0.3) is 11.5 Å². The Kier molecular flexibility index (Phi) is 4.37. The number of rotatable bonds is 5. The molecule has 0 aliphatic heterocycles. The normalized spacial score (nSPS) is 12.3. The number of aromatic nitrogens is 3. The topological polar surface area (TPSA) is 63.8 Å². The van der Waals surface area contributed by atoms with Crippen molar-refractivity contribution in [1.82, 2.24) is 15.1 Å². The molecule has 5 nitrogen and oxygen atoms in total. The summed E-state index contributed by atoms with van der Waals surface area (Å²) in [6, 6.07) is 14.2. The van der Waals surface area contributed by atoms with Gasteiger partial charge in [0.25, 0.3) is 5.89 Å². The molecule has 1 atom stereocenters. The van der Waals surface area contributed by atoms with Crippen LogP contribution in [-0.4, -0.2) is 15.1 Å². The van der Waals surface area contributed by atoms with Crippen molar-refractivity contribution >= 4 is 5.82 Å². The van der Waals surface area contributed by atoms with E-state index in [0.29, 0.717) is 11.7 Å². The lowest BCUT2D eigenvalue weighted by atomic mass is 10.1. The van der Waals surface area contributed by atoms with Gasteiger partial charge in [0.1, 0.15) is 5.82 Å². The van der Waals surface area contributed by atoms with Gasteiger partial charge < -0.3 is 9.84 Å². The first-order chi connectivity index (χ1) is 11.1. The average Bonchev–Trinajstić information content (AvgIpc) is 3.06. The van der Waals surface area contributed by atoms with Crippen LogP contribution >= 0.6 is 0 Å². The van der Waals surface area contributed by atoms with E-state index >= 15 is 0 Å². The van der Waals surface area contributed by atoms with Crippen molar-refractivity contribution < 1.29 is 4.52 Å². The van der Waals surface area contributed by atoms with Crippen molar-refractivity contribution in [2.75, 3.05) is 5.32 Å². The minimum absolute atomic E-state index is 0.160. The third-order valence-electron chi connectivity index (χ3n) is 3.63. The van der Waals surface area contributed by atoms with E-state index in [-0.39, 0.29) is 12.0 Å². The van der Waals surface area contributed by atoms with E-state index in [1.807, 2.05) is 44.2 Å². The average molecular weight is 308 g/mol. The number of hydrogen-bond donors (Lipinski definition) is 1. The monoisotopic (exact) mass is 308 g/mol. The highest BCUT2D eigenvalue weighted by atomic mass is 16.5. The third kappa shape index (κ3) is 3.56. The third-order valence-corrected chi connectivity index (χ3v) is 3.63. The summed E-state index contributed by atoms with van der Waals surface area (Å²) in [6.07, 6.45) is 1.74. The summed E-state index contributed by atoms with van der Waals surface area (Å²) in [5.74, 6) is 2.25. The summed E-state index contributed by atoms with van der Waals surface area (Å²) in [6.45, 7) is 6.18. The standard InChI is InChI=1S/C18H20N4O/c1-12(2)17-21-18(23-22-17)15-9-10-19-16(11-15)20-13(3)14-7-5-4-6-8-14/h4-13H,1-3H3,(H,19,20)/t13-/m0/s1. The van der Waals surface area contributed by atoms with Crippen LogP contribution in [0.15, 0.2) is 53.2 Å². The Morgan fingerprint density at radius 1 is 1.04 bits per heavy atom. The Bertz CT molecular complexity index is 767. The van der Waals surface area contributed by atoms with Gasteiger partial charge in [0, 0.05) is 23.7 Å². The fourth-order valence-electron chi connectivity index (χ4n) is 2.28. The molecule has 1 aromatic carbocycles. The molecule has 0 aliphatic carbocycles. The highest BCUT2D eigenvalue weighted by Crippen LogP contribution is 2.23. The van der Waals surface area contributed by atoms with Gasteiger partial charge in [-0.25, -0.2) is 4.98 Å². The molecule has 0 fully saturated rings. The van der Waals surface area contributed by atoms with Gasteiger partial charge in [0.2, 0.25) is 0 Å². The van der Waals surface area contributed by atoms with Crippen molar-refractivity contribution in [3.05, 3.63) is 60.0 Å². The first kappa shape index (κ1) is 15.2. The van der Waals surface area contributed by atoms with Crippen LogP contribution in [0.3, 0.4) is 0 Å². The molecule has 118 valence electrons. The summed E-state index contributed by atoms with van der Waals surface area (Å²) in [5, 5.41) is 7.40. The second-order valence-corrected chi connectivity index (χ2v) is 5.82. The first-order valence-corrected chi connectivity index (χ1v) is 7.75. The number of benzene rings is 1. The minimum Gasteiger partial charge on any atom is -0.364 e. The Morgan fingerprint density at radius 3 is 2.52 bits per heavy atom. The predicted octanol–water partition coefficient (Wildman–Crippen LogP) is 4.43. The molecule has 0 radical (unpaired) electrons. The minimum atomic E-state index is 0.160. The SMILES string of the molecule is CC(C)c1noc(-c2ccnc(N[C@@H](C)c3ccccc3)c2)n1. The molecule has 0 amide bonds.